The summed E-state index contributed by atoms with van der Waals surface area (Å²) < 4.78 is 84.8. The monoisotopic (exact) mass is 512 g/mol. The lowest BCUT2D eigenvalue weighted by Crippen LogP contribution is -2.25. The van der Waals surface area contributed by atoms with E-state index in [1.165, 1.54) is 57.1 Å². The number of hydrogen-bond donors (Lipinski definition) is 0. The molecule has 2 aliphatic carbocycles. The Morgan fingerprint density at radius 2 is 1.36 bits per heavy atom. The van der Waals surface area contributed by atoms with Gasteiger partial charge < -0.3 is 4.74 Å². The van der Waals surface area contributed by atoms with E-state index in [4.69, 9.17) is 0 Å². The third-order valence-corrected chi connectivity index (χ3v) is 8.28. The summed E-state index contributed by atoms with van der Waals surface area (Å²) >= 11 is 0. The van der Waals surface area contributed by atoms with Gasteiger partial charge in [-0.25, -0.2) is 13.2 Å². The Morgan fingerprint density at radius 3 is 1.89 bits per heavy atom. The van der Waals surface area contributed by atoms with Gasteiger partial charge in [0.15, 0.2) is 11.6 Å². The number of rotatable bonds is 7. The van der Waals surface area contributed by atoms with Gasteiger partial charge in [-0.05, 0) is 97.6 Å². The van der Waals surface area contributed by atoms with Crippen LogP contribution in [0, 0.1) is 35.2 Å². The second kappa shape index (κ2) is 11.5. The number of ether oxygens (including phenoxy) is 1. The van der Waals surface area contributed by atoms with Gasteiger partial charge >= 0.3 is 6.36 Å². The molecule has 2 aromatic carbocycles. The first-order chi connectivity index (χ1) is 17.1. The van der Waals surface area contributed by atoms with Crippen molar-refractivity contribution in [3.8, 4) is 16.9 Å². The zero-order valence-corrected chi connectivity index (χ0v) is 20.7. The molecule has 0 radical (unpaired) electrons. The Bertz CT molecular complexity index is 994. The number of hydrogen-bond acceptors (Lipinski definition) is 1. The van der Waals surface area contributed by atoms with Crippen LogP contribution in [0.1, 0.15) is 89.0 Å². The minimum Gasteiger partial charge on any atom is -0.403 e. The summed E-state index contributed by atoms with van der Waals surface area (Å²) in [5.41, 5.74) is -0.0421. The van der Waals surface area contributed by atoms with Crippen LogP contribution in [0.3, 0.4) is 0 Å². The van der Waals surface area contributed by atoms with Gasteiger partial charge in [0, 0.05) is 0 Å². The highest BCUT2D eigenvalue weighted by molar-refractivity contribution is 5.66. The van der Waals surface area contributed by atoms with Crippen LogP contribution in [0.25, 0.3) is 11.1 Å². The van der Waals surface area contributed by atoms with Crippen LogP contribution in [0.4, 0.5) is 26.3 Å². The van der Waals surface area contributed by atoms with Gasteiger partial charge in [0.25, 0.3) is 0 Å². The second-order valence-electron chi connectivity index (χ2n) is 10.6. The van der Waals surface area contributed by atoms with Crippen LogP contribution >= 0.6 is 0 Å². The van der Waals surface area contributed by atoms with E-state index in [0.29, 0.717) is 17.5 Å². The molecule has 0 aliphatic heterocycles. The van der Waals surface area contributed by atoms with Gasteiger partial charge in [-0.15, -0.1) is 13.2 Å². The molecule has 0 unspecified atom stereocenters. The summed E-state index contributed by atoms with van der Waals surface area (Å²) in [5.74, 6) is -1.69. The van der Waals surface area contributed by atoms with Gasteiger partial charge in [0.05, 0.1) is 5.56 Å². The normalized spacial score (nSPS) is 25.1. The summed E-state index contributed by atoms with van der Waals surface area (Å²) in [6, 6.07) is 4.99. The Hall–Kier alpha value is -2.18. The van der Waals surface area contributed by atoms with Gasteiger partial charge in [0.2, 0.25) is 0 Å². The molecule has 2 saturated carbocycles. The summed E-state index contributed by atoms with van der Waals surface area (Å²) in [6.45, 7) is 2.24. The number of benzene rings is 2. The summed E-state index contributed by atoms with van der Waals surface area (Å²) in [4.78, 5) is 0. The molecule has 7 heteroatoms. The molecule has 0 amide bonds. The summed E-state index contributed by atoms with van der Waals surface area (Å²) in [5, 5.41) is 0. The molecule has 0 N–H and O–H groups in total. The fourth-order valence-corrected chi connectivity index (χ4v) is 6.33. The van der Waals surface area contributed by atoms with Crippen molar-refractivity contribution in [2.45, 2.75) is 89.8 Å². The van der Waals surface area contributed by atoms with Crippen molar-refractivity contribution >= 4 is 0 Å². The van der Waals surface area contributed by atoms with E-state index in [1.54, 1.807) is 0 Å². The fourth-order valence-electron chi connectivity index (χ4n) is 6.33. The average molecular weight is 513 g/mol. The number of alkyl halides is 3. The molecule has 0 heterocycles. The van der Waals surface area contributed by atoms with Gasteiger partial charge in [-0.1, -0.05) is 45.1 Å². The van der Waals surface area contributed by atoms with Crippen LogP contribution < -0.4 is 4.74 Å². The largest absolute Gasteiger partial charge is 0.573 e. The molecule has 36 heavy (non-hydrogen) atoms. The Balaban J connectivity index is 1.38. The predicted octanol–water partition coefficient (Wildman–Crippen LogP) is 9.94. The molecule has 0 saturated heterocycles. The topological polar surface area (TPSA) is 9.23 Å². The first-order valence-electron chi connectivity index (χ1n) is 13.2. The van der Waals surface area contributed by atoms with Crippen LogP contribution in [0.5, 0.6) is 5.75 Å². The maximum absolute atomic E-state index is 15.0. The molecule has 2 aliphatic rings. The average Bonchev–Trinajstić information content (AvgIpc) is 2.83. The van der Waals surface area contributed by atoms with E-state index in [0.717, 1.165) is 49.7 Å². The van der Waals surface area contributed by atoms with Crippen molar-refractivity contribution in [3.63, 3.8) is 0 Å². The van der Waals surface area contributed by atoms with E-state index in [-0.39, 0.29) is 11.5 Å². The lowest BCUT2D eigenvalue weighted by atomic mass is 9.68. The van der Waals surface area contributed by atoms with E-state index in [1.807, 2.05) is 0 Å². The van der Waals surface area contributed by atoms with Crippen molar-refractivity contribution in [2.24, 2.45) is 17.8 Å². The standard InChI is InChI=1S/C29H34F6O/c1-2-3-4-18-5-7-19(8-6-18)20-9-11-21(12-10-20)23-16-25(31)28(26(32)17-23)22-13-14-27(24(30)15-22)36-29(33,34)35/h13-21H,2-12H2,1H3. The summed E-state index contributed by atoms with van der Waals surface area (Å²) in [6.07, 6.45) is 8.00. The molecule has 0 aromatic heterocycles. The Labute approximate surface area is 209 Å². The predicted molar refractivity (Wildman–Crippen MR) is 128 cm³/mol. The van der Waals surface area contributed by atoms with E-state index < -0.39 is 35.1 Å². The minimum atomic E-state index is -5.06. The molecule has 0 atom stereocenters. The molecule has 198 valence electrons. The van der Waals surface area contributed by atoms with E-state index in [9.17, 15) is 26.3 Å². The third kappa shape index (κ3) is 6.57. The third-order valence-electron chi connectivity index (χ3n) is 8.28. The molecular formula is C29H34F6O. The highest BCUT2D eigenvalue weighted by atomic mass is 19.4. The maximum Gasteiger partial charge on any atom is 0.573 e. The smallest absolute Gasteiger partial charge is 0.403 e. The van der Waals surface area contributed by atoms with Crippen LogP contribution in [0.2, 0.25) is 0 Å². The summed E-state index contributed by atoms with van der Waals surface area (Å²) in [7, 11) is 0. The number of halogens is 6. The lowest BCUT2D eigenvalue weighted by Gasteiger charge is -2.38. The molecule has 2 aromatic rings. The van der Waals surface area contributed by atoms with Gasteiger partial charge in [-0.2, -0.15) is 0 Å². The molecule has 0 bridgehead atoms. The Morgan fingerprint density at radius 1 is 0.778 bits per heavy atom. The van der Waals surface area contributed by atoms with Crippen LogP contribution in [-0.2, 0) is 0 Å². The van der Waals surface area contributed by atoms with Crippen LogP contribution in [0.15, 0.2) is 30.3 Å². The van der Waals surface area contributed by atoms with E-state index >= 15 is 0 Å². The van der Waals surface area contributed by atoms with E-state index in [2.05, 4.69) is 11.7 Å². The SMILES string of the molecule is CCCCC1CCC(C2CCC(c3cc(F)c(-c4ccc(OC(F)(F)F)c(F)c4)c(F)c3)CC2)CC1. The highest BCUT2D eigenvalue weighted by Gasteiger charge is 2.33. The van der Waals surface area contributed by atoms with Crippen molar-refractivity contribution in [1.29, 1.82) is 0 Å². The molecule has 2 fully saturated rings. The minimum absolute atomic E-state index is 0.0690. The lowest BCUT2D eigenvalue weighted by molar-refractivity contribution is -0.275. The van der Waals surface area contributed by atoms with Crippen molar-refractivity contribution in [3.05, 3.63) is 53.3 Å². The van der Waals surface area contributed by atoms with Crippen molar-refractivity contribution in [2.75, 3.05) is 0 Å². The first-order valence-corrected chi connectivity index (χ1v) is 13.2. The van der Waals surface area contributed by atoms with Crippen LogP contribution in [-0.4, -0.2) is 6.36 Å². The molecular weight excluding hydrogens is 478 g/mol. The zero-order valence-electron chi connectivity index (χ0n) is 20.7. The highest BCUT2D eigenvalue weighted by Crippen LogP contribution is 2.45. The zero-order chi connectivity index (χ0) is 25.9. The molecule has 1 nitrogen and oxygen atoms in total. The quantitative estimate of drug-likeness (QED) is 0.336. The molecule has 0 spiro atoms. The van der Waals surface area contributed by atoms with Crippen molar-refractivity contribution < 1.29 is 31.1 Å². The molecule has 4 rings (SSSR count). The maximum atomic E-state index is 15.0. The number of unbranched alkanes of at least 4 members (excludes halogenated alkanes) is 1. The Kier molecular flexibility index (Phi) is 8.56. The fraction of sp³-hybridized carbons (Fsp3) is 0.586. The van der Waals surface area contributed by atoms with Gasteiger partial charge in [-0.3, -0.25) is 0 Å². The first kappa shape index (κ1) is 26.9. The van der Waals surface area contributed by atoms with Gasteiger partial charge in [0.1, 0.15) is 11.6 Å². The van der Waals surface area contributed by atoms with Crippen molar-refractivity contribution in [1.82, 2.24) is 0 Å². The second-order valence-corrected chi connectivity index (χ2v) is 10.6.